The highest BCUT2D eigenvalue weighted by Crippen LogP contribution is 2.38. The third-order valence-corrected chi connectivity index (χ3v) is 10.3. The topological polar surface area (TPSA) is 38.7 Å². The molecule has 0 bridgehead atoms. The first-order valence-electron chi connectivity index (χ1n) is 18.3. The van der Waals surface area contributed by atoms with Gasteiger partial charge in [0.1, 0.15) is 0 Å². The SMILES string of the molecule is c1ccc(-c2ccc(-c3nc(-c4ccccc4)nc(-c4ccc(-c5ccc6c(ccc7cc(-c8ccccc8)ccc76)c5)c5ccccc45)n3)cc2)cc1. The number of aromatic nitrogens is 3. The molecule has 54 heavy (non-hydrogen) atoms. The summed E-state index contributed by atoms with van der Waals surface area (Å²) in [6.07, 6.45) is 0. The molecule has 1 aromatic heterocycles. The summed E-state index contributed by atoms with van der Waals surface area (Å²) in [6.45, 7) is 0. The summed E-state index contributed by atoms with van der Waals surface area (Å²) >= 11 is 0. The summed E-state index contributed by atoms with van der Waals surface area (Å²) < 4.78 is 0. The first-order chi connectivity index (χ1) is 26.7. The second-order valence-electron chi connectivity index (χ2n) is 13.6. The molecule has 3 heteroatoms. The van der Waals surface area contributed by atoms with E-state index in [-0.39, 0.29) is 0 Å². The maximum atomic E-state index is 5.13. The molecule has 0 fully saturated rings. The lowest BCUT2D eigenvalue weighted by molar-refractivity contribution is 1.08. The Morgan fingerprint density at radius 3 is 1.22 bits per heavy atom. The van der Waals surface area contributed by atoms with Gasteiger partial charge >= 0.3 is 0 Å². The van der Waals surface area contributed by atoms with E-state index < -0.39 is 0 Å². The van der Waals surface area contributed by atoms with Crippen LogP contribution in [0.4, 0.5) is 0 Å². The molecule has 0 atom stereocenters. The average molecular weight is 688 g/mol. The van der Waals surface area contributed by atoms with Gasteiger partial charge in [-0.05, 0) is 83.9 Å². The molecule has 0 saturated heterocycles. The van der Waals surface area contributed by atoms with Gasteiger partial charge in [0.15, 0.2) is 17.5 Å². The lowest BCUT2D eigenvalue weighted by Gasteiger charge is -2.14. The maximum Gasteiger partial charge on any atom is 0.164 e. The molecule has 0 N–H and O–H groups in total. The molecule has 0 spiro atoms. The smallest absolute Gasteiger partial charge is 0.164 e. The van der Waals surface area contributed by atoms with Crippen molar-refractivity contribution in [2.24, 2.45) is 0 Å². The zero-order valence-corrected chi connectivity index (χ0v) is 29.4. The predicted molar refractivity (Wildman–Crippen MR) is 225 cm³/mol. The van der Waals surface area contributed by atoms with Crippen molar-refractivity contribution in [3.05, 3.63) is 200 Å². The molecule has 0 unspecified atom stereocenters. The van der Waals surface area contributed by atoms with Gasteiger partial charge in [0.25, 0.3) is 0 Å². The van der Waals surface area contributed by atoms with Crippen LogP contribution in [-0.4, -0.2) is 15.0 Å². The number of benzene rings is 9. The van der Waals surface area contributed by atoms with Gasteiger partial charge in [-0.25, -0.2) is 15.0 Å². The quantitative estimate of drug-likeness (QED) is 0.163. The molecule has 0 amide bonds. The van der Waals surface area contributed by atoms with E-state index >= 15 is 0 Å². The van der Waals surface area contributed by atoms with E-state index in [1.807, 2.05) is 36.4 Å². The molecular weight excluding hydrogens is 655 g/mol. The minimum absolute atomic E-state index is 0.643. The van der Waals surface area contributed by atoms with Gasteiger partial charge < -0.3 is 0 Å². The summed E-state index contributed by atoms with van der Waals surface area (Å²) in [4.78, 5) is 15.2. The Bertz CT molecular complexity index is 2960. The van der Waals surface area contributed by atoms with Gasteiger partial charge in [-0.3, -0.25) is 0 Å². The van der Waals surface area contributed by atoms with E-state index in [1.54, 1.807) is 0 Å². The number of nitrogens with zero attached hydrogens (tertiary/aromatic N) is 3. The molecule has 252 valence electrons. The second-order valence-corrected chi connectivity index (χ2v) is 13.6. The molecule has 1 heterocycles. The fourth-order valence-corrected chi connectivity index (χ4v) is 7.58. The average Bonchev–Trinajstić information content (AvgIpc) is 3.26. The molecule has 10 aromatic rings. The third kappa shape index (κ3) is 5.78. The number of fused-ring (bicyclic) bond motifs is 4. The van der Waals surface area contributed by atoms with Gasteiger partial charge in [-0.2, -0.15) is 0 Å². The second kappa shape index (κ2) is 13.4. The normalized spacial score (nSPS) is 11.3. The van der Waals surface area contributed by atoms with Gasteiger partial charge in [0.05, 0.1) is 0 Å². The largest absolute Gasteiger partial charge is 0.208 e. The molecule has 0 aliphatic heterocycles. The molecule has 0 saturated carbocycles. The van der Waals surface area contributed by atoms with Gasteiger partial charge in [0, 0.05) is 16.7 Å². The van der Waals surface area contributed by atoms with Gasteiger partial charge in [-0.1, -0.05) is 182 Å². The van der Waals surface area contributed by atoms with Crippen molar-refractivity contribution in [1.82, 2.24) is 15.0 Å². The van der Waals surface area contributed by atoms with Crippen LogP contribution in [0.15, 0.2) is 200 Å². The summed E-state index contributed by atoms with van der Waals surface area (Å²) in [6, 6.07) is 70.7. The molecule has 0 radical (unpaired) electrons. The minimum Gasteiger partial charge on any atom is -0.208 e. The van der Waals surface area contributed by atoms with Crippen molar-refractivity contribution in [1.29, 1.82) is 0 Å². The first-order valence-corrected chi connectivity index (χ1v) is 18.3. The summed E-state index contributed by atoms with van der Waals surface area (Å²) in [7, 11) is 0. The number of hydrogen-bond acceptors (Lipinski definition) is 3. The molecular formula is C51H33N3. The Morgan fingerprint density at radius 2 is 0.611 bits per heavy atom. The standard InChI is InChI=1S/C51H33N3/c1-4-12-34(13-5-1)36-20-22-38(23-21-36)50-52-49(37-16-8-3-9-17-37)53-51(54-50)48-31-30-45(46-18-10-11-19-47(46)48)42-27-29-44-41(33-42)25-24-40-32-39(26-28-43(40)44)35-14-6-2-7-15-35/h1-33H. The van der Waals surface area contributed by atoms with Crippen LogP contribution < -0.4 is 0 Å². The highest BCUT2D eigenvalue weighted by molar-refractivity contribution is 6.11. The van der Waals surface area contributed by atoms with Crippen molar-refractivity contribution in [3.63, 3.8) is 0 Å². The van der Waals surface area contributed by atoms with Crippen LogP contribution in [0.3, 0.4) is 0 Å². The summed E-state index contributed by atoms with van der Waals surface area (Å²) in [5.41, 5.74) is 9.99. The molecule has 3 nitrogen and oxygen atoms in total. The van der Waals surface area contributed by atoms with E-state index in [9.17, 15) is 0 Å². The van der Waals surface area contributed by atoms with E-state index in [1.165, 1.54) is 49.4 Å². The lowest BCUT2D eigenvalue weighted by Crippen LogP contribution is -2.00. The Hall–Kier alpha value is -7.23. The Labute approximate surface area is 313 Å². The zero-order chi connectivity index (χ0) is 35.8. The summed E-state index contributed by atoms with van der Waals surface area (Å²) in [5, 5.41) is 7.21. The fourth-order valence-electron chi connectivity index (χ4n) is 7.58. The fraction of sp³-hybridized carbons (Fsp3) is 0. The molecule has 0 aliphatic carbocycles. The van der Waals surface area contributed by atoms with Crippen LogP contribution in [0, 0.1) is 0 Å². The van der Waals surface area contributed by atoms with Gasteiger partial charge in [-0.15, -0.1) is 0 Å². The van der Waals surface area contributed by atoms with Crippen LogP contribution >= 0.6 is 0 Å². The first kappa shape index (κ1) is 31.5. The minimum atomic E-state index is 0.643. The van der Waals surface area contributed by atoms with E-state index in [0.29, 0.717) is 17.5 Å². The molecule has 0 aliphatic rings. The molecule has 9 aromatic carbocycles. The Morgan fingerprint density at radius 1 is 0.222 bits per heavy atom. The van der Waals surface area contributed by atoms with Crippen molar-refractivity contribution in [2.75, 3.05) is 0 Å². The van der Waals surface area contributed by atoms with Crippen LogP contribution in [0.5, 0.6) is 0 Å². The predicted octanol–water partition coefficient (Wildman–Crippen LogP) is 13.3. The van der Waals surface area contributed by atoms with E-state index in [4.69, 9.17) is 15.0 Å². The van der Waals surface area contributed by atoms with Crippen LogP contribution in [0.2, 0.25) is 0 Å². The van der Waals surface area contributed by atoms with Crippen molar-refractivity contribution >= 4 is 32.3 Å². The Kier molecular flexibility index (Phi) is 7.81. The van der Waals surface area contributed by atoms with Crippen molar-refractivity contribution < 1.29 is 0 Å². The van der Waals surface area contributed by atoms with Crippen LogP contribution in [0.25, 0.3) is 99.9 Å². The highest BCUT2D eigenvalue weighted by Gasteiger charge is 2.17. The Balaban J connectivity index is 1.07. The number of rotatable bonds is 6. The highest BCUT2D eigenvalue weighted by atomic mass is 15.0. The van der Waals surface area contributed by atoms with Crippen LogP contribution in [0.1, 0.15) is 0 Å². The molecule has 10 rings (SSSR count). The zero-order valence-electron chi connectivity index (χ0n) is 29.4. The van der Waals surface area contributed by atoms with Crippen LogP contribution in [-0.2, 0) is 0 Å². The van der Waals surface area contributed by atoms with Crippen molar-refractivity contribution in [2.45, 2.75) is 0 Å². The van der Waals surface area contributed by atoms with E-state index in [0.717, 1.165) is 33.0 Å². The number of hydrogen-bond donors (Lipinski definition) is 0. The maximum absolute atomic E-state index is 5.13. The lowest BCUT2D eigenvalue weighted by atomic mass is 9.92. The van der Waals surface area contributed by atoms with Gasteiger partial charge in [0.2, 0.25) is 0 Å². The third-order valence-electron chi connectivity index (χ3n) is 10.3. The summed E-state index contributed by atoms with van der Waals surface area (Å²) in [5.74, 6) is 1.94. The monoisotopic (exact) mass is 687 g/mol. The van der Waals surface area contributed by atoms with E-state index in [2.05, 4.69) is 164 Å². The van der Waals surface area contributed by atoms with Crippen molar-refractivity contribution in [3.8, 4) is 67.5 Å².